The van der Waals surface area contributed by atoms with E-state index in [9.17, 15) is 18.6 Å². The van der Waals surface area contributed by atoms with Crippen molar-refractivity contribution in [3.8, 4) is 0 Å². The number of aromatic nitrogens is 1. The average Bonchev–Trinajstić information content (AvgIpc) is 3.68. The van der Waals surface area contributed by atoms with Crippen molar-refractivity contribution < 1.29 is 37.6 Å². The summed E-state index contributed by atoms with van der Waals surface area (Å²) in [7, 11) is -4.24. The van der Waals surface area contributed by atoms with Gasteiger partial charge in [0.05, 0.1) is 49.1 Å². The maximum atomic E-state index is 14.6. The van der Waals surface area contributed by atoms with Crippen LogP contribution >= 0.6 is 0 Å². The standard InChI is InChI=1S/C48H47NO8S/c50-44(35-54-31-36-18-6-1-7-19-36)46(55-32-37-20-8-2-9-21-37)48(57-34-39-24-12-4-13-25-39)47(56-33-38-22-10-3-11-23-38)45(51)43-30-40-26-16-17-29-42(40)49(43)58(52,53)41-27-14-5-15-28-41/h1-30,44-48,50-51H,31-35H2/t44-,45?,46-,47-,48+/m1/s1. The van der Waals surface area contributed by atoms with Crippen LogP contribution in [0, 0.1) is 0 Å². The number of hydrogen-bond donors (Lipinski definition) is 2. The highest BCUT2D eigenvalue weighted by atomic mass is 32.2. The van der Waals surface area contributed by atoms with E-state index < -0.39 is 40.5 Å². The molecule has 0 spiro atoms. The van der Waals surface area contributed by atoms with Crippen LogP contribution in [0.3, 0.4) is 0 Å². The van der Waals surface area contributed by atoms with E-state index in [0.717, 1.165) is 22.3 Å². The lowest BCUT2D eigenvalue weighted by Crippen LogP contribution is -2.52. The number of benzene rings is 6. The van der Waals surface area contributed by atoms with Crippen LogP contribution in [0.1, 0.15) is 34.1 Å². The Morgan fingerprint density at radius 1 is 0.483 bits per heavy atom. The molecule has 0 aliphatic rings. The van der Waals surface area contributed by atoms with E-state index in [1.807, 2.05) is 127 Å². The Morgan fingerprint density at radius 3 is 1.41 bits per heavy atom. The fourth-order valence-corrected chi connectivity index (χ4v) is 8.50. The lowest BCUT2D eigenvalue weighted by atomic mass is 9.96. The summed E-state index contributed by atoms with van der Waals surface area (Å²) in [6.45, 7) is 0.302. The highest BCUT2D eigenvalue weighted by molar-refractivity contribution is 7.90. The summed E-state index contributed by atoms with van der Waals surface area (Å²) in [5.41, 5.74) is 3.88. The molecular formula is C48H47NO8S. The molecule has 1 heterocycles. The van der Waals surface area contributed by atoms with E-state index in [1.54, 1.807) is 42.5 Å². The van der Waals surface area contributed by atoms with Crippen LogP contribution < -0.4 is 0 Å². The number of ether oxygens (including phenoxy) is 4. The first-order chi connectivity index (χ1) is 28.4. The molecule has 0 aliphatic heterocycles. The van der Waals surface area contributed by atoms with Gasteiger partial charge in [-0.1, -0.05) is 158 Å². The number of aliphatic hydroxyl groups excluding tert-OH is 2. The monoisotopic (exact) mass is 797 g/mol. The topological polar surface area (TPSA) is 116 Å². The number of rotatable bonds is 20. The van der Waals surface area contributed by atoms with Crippen LogP contribution in [0.2, 0.25) is 0 Å². The van der Waals surface area contributed by atoms with Crippen LogP contribution in [-0.4, -0.2) is 53.6 Å². The maximum Gasteiger partial charge on any atom is 0.268 e. The lowest BCUT2D eigenvalue weighted by Gasteiger charge is -2.38. The zero-order chi connectivity index (χ0) is 40.2. The summed E-state index contributed by atoms with van der Waals surface area (Å²) in [5, 5.41) is 25.5. The summed E-state index contributed by atoms with van der Waals surface area (Å²) in [6, 6.07) is 55.0. The largest absolute Gasteiger partial charge is 0.388 e. The van der Waals surface area contributed by atoms with Crippen LogP contribution in [-0.2, 0) is 55.4 Å². The van der Waals surface area contributed by atoms with Gasteiger partial charge in [-0.05, 0) is 46.5 Å². The van der Waals surface area contributed by atoms with Crippen LogP contribution in [0.25, 0.3) is 10.9 Å². The molecule has 0 saturated carbocycles. The molecule has 9 nitrogen and oxygen atoms in total. The van der Waals surface area contributed by atoms with E-state index in [2.05, 4.69) is 0 Å². The van der Waals surface area contributed by atoms with Crippen LogP contribution in [0.4, 0.5) is 0 Å². The molecule has 0 saturated heterocycles. The normalized spacial score (nSPS) is 14.4. The lowest BCUT2D eigenvalue weighted by molar-refractivity contribution is -0.207. The fraction of sp³-hybridized carbons (Fsp3) is 0.208. The molecule has 0 amide bonds. The molecule has 58 heavy (non-hydrogen) atoms. The van der Waals surface area contributed by atoms with Crippen molar-refractivity contribution in [3.63, 3.8) is 0 Å². The van der Waals surface area contributed by atoms with Gasteiger partial charge in [0.2, 0.25) is 0 Å². The zero-order valence-electron chi connectivity index (χ0n) is 31.9. The molecule has 6 aromatic carbocycles. The second kappa shape index (κ2) is 19.8. The van der Waals surface area contributed by atoms with E-state index in [4.69, 9.17) is 18.9 Å². The van der Waals surface area contributed by atoms with E-state index in [1.165, 1.54) is 16.1 Å². The highest BCUT2D eigenvalue weighted by Crippen LogP contribution is 2.35. The molecule has 0 bridgehead atoms. The van der Waals surface area contributed by atoms with Gasteiger partial charge in [0.25, 0.3) is 10.0 Å². The quantitative estimate of drug-likeness (QED) is 0.0793. The first kappa shape index (κ1) is 40.8. The molecule has 5 atom stereocenters. The Hall–Kier alpha value is -5.43. The predicted octanol–water partition coefficient (Wildman–Crippen LogP) is 8.25. The van der Waals surface area contributed by atoms with Crippen molar-refractivity contribution in [2.24, 2.45) is 0 Å². The van der Waals surface area contributed by atoms with Crippen molar-refractivity contribution in [1.29, 1.82) is 0 Å². The van der Waals surface area contributed by atoms with Gasteiger partial charge in [0.15, 0.2) is 0 Å². The molecule has 7 rings (SSSR count). The van der Waals surface area contributed by atoms with E-state index in [-0.39, 0.29) is 43.6 Å². The first-order valence-corrected chi connectivity index (χ1v) is 20.7. The van der Waals surface area contributed by atoms with Crippen molar-refractivity contribution in [2.45, 2.75) is 61.8 Å². The van der Waals surface area contributed by atoms with Gasteiger partial charge in [-0.15, -0.1) is 0 Å². The highest BCUT2D eigenvalue weighted by Gasteiger charge is 2.43. The first-order valence-electron chi connectivity index (χ1n) is 19.2. The maximum absolute atomic E-state index is 14.6. The third kappa shape index (κ3) is 10.2. The van der Waals surface area contributed by atoms with Crippen molar-refractivity contribution in [3.05, 3.63) is 210 Å². The predicted molar refractivity (Wildman–Crippen MR) is 223 cm³/mol. The molecule has 0 fully saturated rings. The third-order valence-corrected chi connectivity index (χ3v) is 11.6. The molecule has 0 radical (unpaired) electrons. The van der Waals surface area contributed by atoms with Crippen molar-refractivity contribution in [1.82, 2.24) is 3.97 Å². The van der Waals surface area contributed by atoms with E-state index >= 15 is 0 Å². The number of fused-ring (bicyclic) bond motifs is 1. The second-order valence-electron chi connectivity index (χ2n) is 14.0. The average molecular weight is 798 g/mol. The summed E-state index contributed by atoms with van der Waals surface area (Å²) in [6.07, 6.45) is -6.50. The minimum absolute atomic E-state index is 0.0332. The second-order valence-corrected chi connectivity index (χ2v) is 15.8. The molecular weight excluding hydrogens is 751 g/mol. The van der Waals surface area contributed by atoms with Crippen molar-refractivity contribution in [2.75, 3.05) is 6.61 Å². The number of hydrogen-bond acceptors (Lipinski definition) is 8. The molecule has 2 N–H and O–H groups in total. The van der Waals surface area contributed by atoms with Crippen LogP contribution in [0.15, 0.2) is 187 Å². The van der Waals surface area contributed by atoms with Gasteiger partial charge < -0.3 is 29.2 Å². The van der Waals surface area contributed by atoms with Gasteiger partial charge in [-0.2, -0.15) is 0 Å². The van der Waals surface area contributed by atoms with Crippen molar-refractivity contribution >= 4 is 20.9 Å². The van der Waals surface area contributed by atoms with Gasteiger partial charge in [0, 0.05) is 5.39 Å². The Balaban J connectivity index is 1.33. The van der Waals surface area contributed by atoms with Crippen LogP contribution in [0.5, 0.6) is 0 Å². The summed E-state index contributed by atoms with van der Waals surface area (Å²) >= 11 is 0. The van der Waals surface area contributed by atoms with Gasteiger partial charge in [-0.25, -0.2) is 12.4 Å². The minimum Gasteiger partial charge on any atom is -0.388 e. The SMILES string of the molecule is O=S(=O)(c1ccccc1)n1c(C(O)[C@@H](OCc2ccccc2)[C@@H](OCc2ccccc2)[C@H](OCc2ccccc2)[C@H](O)COCc2ccccc2)cc2ccccc21. The third-order valence-electron chi connectivity index (χ3n) is 9.87. The minimum atomic E-state index is -4.24. The molecule has 7 aromatic rings. The van der Waals surface area contributed by atoms with Gasteiger partial charge in [0.1, 0.15) is 30.5 Å². The van der Waals surface area contributed by atoms with Gasteiger partial charge in [-0.3, -0.25) is 0 Å². The summed E-state index contributed by atoms with van der Waals surface area (Å²) < 4.78 is 56.4. The molecule has 0 aliphatic carbocycles. The molecule has 1 unspecified atom stereocenters. The van der Waals surface area contributed by atoms with Gasteiger partial charge >= 0.3 is 0 Å². The summed E-state index contributed by atoms with van der Waals surface area (Å²) in [5.74, 6) is 0. The smallest absolute Gasteiger partial charge is 0.268 e. The Labute approximate surface area is 339 Å². The number of para-hydroxylation sites is 1. The Bertz CT molecular complexity index is 2400. The fourth-order valence-electron chi connectivity index (χ4n) is 6.93. The number of nitrogens with zero attached hydrogens (tertiary/aromatic N) is 1. The molecule has 1 aromatic heterocycles. The Morgan fingerprint density at radius 2 is 0.897 bits per heavy atom. The zero-order valence-corrected chi connectivity index (χ0v) is 32.8. The molecule has 10 heteroatoms. The number of aliphatic hydroxyl groups is 2. The Kier molecular flexibility index (Phi) is 13.9. The summed E-state index contributed by atoms with van der Waals surface area (Å²) in [4.78, 5) is 0.0542. The van der Waals surface area contributed by atoms with E-state index in [0.29, 0.717) is 10.9 Å². The molecule has 298 valence electrons.